The molecule has 26 heavy (non-hydrogen) atoms. The van der Waals surface area contributed by atoms with Gasteiger partial charge >= 0.3 is 6.09 Å². The van der Waals surface area contributed by atoms with Crippen LogP contribution < -0.4 is 16.0 Å². The largest absolute Gasteiger partial charge is 0.444 e. The van der Waals surface area contributed by atoms with Gasteiger partial charge in [-0.15, -0.1) is 24.0 Å². The Hall–Kier alpha value is -0.770. The third-order valence-electron chi connectivity index (χ3n) is 3.79. The van der Waals surface area contributed by atoms with Gasteiger partial charge in [0.05, 0.1) is 0 Å². The van der Waals surface area contributed by atoms with E-state index < -0.39 is 5.60 Å². The number of guanidine groups is 1. The van der Waals surface area contributed by atoms with Crippen LogP contribution in [0.25, 0.3) is 0 Å². The highest BCUT2D eigenvalue weighted by atomic mass is 127. The summed E-state index contributed by atoms with van der Waals surface area (Å²) in [6, 6.07) is 0. The molecule has 0 aliphatic carbocycles. The number of nitrogens with one attached hydrogen (secondary N) is 3. The summed E-state index contributed by atoms with van der Waals surface area (Å²) in [4.78, 5) is 18.6. The molecule has 0 saturated carbocycles. The number of rotatable bonds is 8. The third-order valence-corrected chi connectivity index (χ3v) is 3.79. The molecule has 0 bridgehead atoms. The van der Waals surface area contributed by atoms with E-state index in [4.69, 9.17) is 4.74 Å². The highest BCUT2D eigenvalue weighted by Gasteiger charge is 2.15. The van der Waals surface area contributed by atoms with Gasteiger partial charge in [-0.05, 0) is 60.0 Å². The molecule has 1 aliphatic heterocycles. The van der Waals surface area contributed by atoms with Crippen molar-refractivity contribution in [3.05, 3.63) is 0 Å². The van der Waals surface area contributed by atoms with Crippen LogP contribution in [0.15, 0.2) is 4.99 Å². The van der Waals surface area contributed by atoms with Crippen molar-refractivity contribution < 1.29 is 9.53 Å². The van der Waals surface area contributed by atoms with Crippen molar-refractivity contribution in [3.63, 3.8) is 0 Å². The summed E-state index contributed by atoms with van der Waals surface area (Å²) < 4.78 is 5.20. The van der Waals surface area contributed by atoms with Crippen molar-refractivity contribution >= 4 is 36.0 Å². The second kappa shape index (κ2) is 14.3. The molecule has 1 saturated heterocycles. The van der Waals surface area contributed by atoms with Gasteiger partial charge in [0.25, 0.3) is 0 Å². The lowest BCUT2D eigenvalue weighted by atomic mass is 10.1. The molecule has 1 amide bonds. The molecule has 3 N–H and O–H groups in total. The molecule has 0 unspecified atom stereocenters. The van der Waals surface area contributed by atoms with E-state index in [1.807, 2.05) is 20.8 Å². The van der Waals surface area contributed by atoms with Crippen LogP contribution in [-0.4, -0.2) is 68.4 Å². The summed E-state index contributed by atoms with van der Waals surface area (Å²) in [6.07, 6.45) is 4.41. The predicted molar refractivity (Wildman–Crippen MR) is 119 cm³/mol. The maximum absolute atomic E-state index is 11.6. The standard InChI is InChI=1S/C18H37N5O2.HI/c1-5-19-16(21-12-15-23-13-7-6-8-14-23)20-10-9-11-22-17(24)25-18(2,3)4;/h5-15H2,1-4H3,(H,22,24)(H2,19,20,21);1H. The van der Waals surface area contributed by atoms with Crippen LogP contribution in [0.3, 0.4) is 0 Å². The maximum Gasteiger partial charge on any atom is 0.407 e. The highest BCUT2D eigenvalue weighted by molar-refractivity contribution is 14.0. The number of carbonyl (C=O) groups is 1. The summed E-state index contributed by atoms with van der Waals surface area (Å²) in [5, 5.41) is 9.40. The lowest BCUT2D eigenvalue weighted by Gasteiger charge is -2.26. The molecule has 0 atom stereocenters. The van der Waals surface area contributed by atoms with Crippen molar-refractivity contribution in [3.8, 4) is 0 Å². The number of amides is 1. The summed E-state index contributed by atoms with van der Waals surface area (Å²) in [5.41, 5.74) is -0.460. The third kappa shape index (κ3) is 13.4. The van der Waals surface area contributed by atoms with E-state index in [1.165, 1.54) is 32.4 Å². The highest BCUT2D eigenvalue weighted by Crippen LogP contribution is 2.07. The van der Waals surface area contributed by atoms with Gasteiger partial charge in [0.2, 0.25) is 0 Å². The van der Waals surface area contributed by atoms with E-state index in [2.05, 4.69) is 32.8 Å². The smallest absolute Gasteiger partial charge is 0.407 e. The quantitative estimate of drug-likeness (QED) is 0.214. The van der Waals surface area contributed by atoms with Gasteiger partial charge in [0, 0.05) is 32.7 Å². The van der Waals surface area contributed by atoms with E-state index in [0.717, 1.165) is 32.0 Å². The first-order chi connectivity index (χ1) is 11.9. The van der Waals surface area contributed by atoms with Crippen molar-refractivity contribution in [1.29, 1.82) is 0 Å². The number of piperidine rings is 1. The van der Waals surface area contributed by atoms with Crippen LogP contribution in [0.4, 0.5) is 4.79 Å². The number of hydrogen-bond acceptors (Lipinski definition) is 4. The van der Waals surface area contributed by atoms with Crippen LogP contribution in [0.1, 0.15) is 53.4 Å². The maximum atomic E-state index is 11.6. The summed E-state index contributed by atoms with van der Waals surface area (Å²) in [5.74, 6) is 0.844. The molecule has 0 aromatic heterocycles. The minimum atomic E-state index is -0.460. The molecular weight excluding hydrogens is 445 g/mol. The first-order valence-corrected chi connectivity index (χ1v) is 9.62. The van der Waals surface area contributed by atoms with E-state index in [1.54, 1.807) is 0 Å². The summed E-state index contributed by atoms with van der Waals surface area (Å²) in [6.45, 7) is 14.1. The average Bonchev–Trinajstić information content (AvgIpc) is 2.54. The zero-order valence-electron chi connectivity index (χ0n) is 16.9. The summed E-state index contributed by atoms with van der Waals surface area (Å²) in [7, 11) is 0. The van der Waals surface area contributed by atoms with Crippen LogP contribution >= 0.6 is 24.0 Å². The van der Waals surface area contributed by atoms with Crippen LogP contribution in [0.2, 0.25) is 0 Å². The number of ether oxygens (including phenoxy) is 1. The van der Waals surface area contributed by atoms with Gasteiger partial charge in [-0.1, -0.05) is 6.42 Å². The second-order valence-electron chi connectivity index (χ2n) is 7.37. The number of likely N-dealkylation sites (tertiary alicyclic amines) is 1. The Morgan fingerprint density at radius 2 is 1.77 bits per heavy atom. The van der Waals surface area contributed by atoms with Crippen LogP contribution in [-0.2, 0) is 4.74 Å². The zero-order chi connectivity index (χ0) is 18.5. The average molecular weight is 483 g/mol. The molecule has 0 aromatic carbocycles. The Labute approximate surface area is 176 Å². The van der Waals surface area contributed by atoms with Gasteiger partial charge in [-0.25, -0.2) is 4.79 Å². The number of carbonyl (C=O) groups excluding carboxylic acids is 1. The van der Waals surface area contributed by atoms with E-state index in [-0.39, 0.29) is 30.1 Å². The first kappa shape index (κ1) is 25.2. The minimum Gasteiger partial charge on any atom is -0.444 e. The topological polar surface area (TPSA) is 78.0 Å². The zero-order valence-corrected chi connectivity index (χ0v) is 19.2. The number of alkyl carbamates (subject to hydrolysis) is 1. The fraction of sp³-hybridized carbons (Fsp3) is 0.889. The number of aliphatic imine (C=N–C) groups is 1. The molecule has 0 spiro atoms. The van der Waals surface area contributed by atoms with Gasteiger partial charge in [-0.3, -0.25) is 4.99 Å². The Morgan fingerprint density at radius 1 is 1.08 bits per heavy atom. The monoisotopic (exact) mass is 483 g/mol. The lowest BCUT2D eigenvalue weighted by Crippen LogP contribution is -2.42. The fourth-order valence-corrected chi connectivity index (χ4v) is 2.63. The number of halogens is 1. The molecule has 154 valence electrons. The Bertz CT molecular complexity index is 407. The Kier molecular flexibility index (Phi) is 13.9. The van der Waals surface area contributed by atoms with E-state index in [0.29, 0.717) is 13.1 Å². The molecule has 1 fully saturated rings. The Morgan fingerprint density at radius 3 is 2.38 bits per heavy atom. The molecule has 0 aromatic rings. The van der Waals surface area contributed by atoms with E-state index >= 15 is 0 Å². The van der Waals surface area contributed by atoms with Gasteiger partial charge in [0.15, 0.2) is 5.96 Å². The van der Waals surface area contributed by atoms with Crippen molar-refractivity contribution in [2.45, 2.75) is 59.0 Å². The normalized spacial score (nSPS) is 15.8. The molecule has 8 heteroatoms. The number of hydrogen-bond donors (Lipinski definition) is 3. The van der Waals surface area contributed by atoms with E-state index in [9.17, 15) is 4.79 Å². The van der Waals surface area contributed by atoms with Crippen LogP contribution in [0.5, 0.6) is 0 Å². The molecule has 7 nitrogen and oxygen atoms in total. The molecule has 1 rings (SSSR count). The molecular formula is C18H38IN5O2. The lowest BCUT2D eigenvalue weighted by molar-refractivity contribution is 0.0527. The minimum absolute atomic E-state index is 0. The predicted octanol–water partition coefficient (Wildman–Crippen LogP) is 2.56. The molecule has 1 aliphatic rings. The van der Waals surface area contributed by atoms with Crippen molar-refractivity contribution in [2.24, 2.45) is 4.99 Å². The number of nitrogens with zero attached hydrogens (tertiary/aromatic N) is 2. The SMILES string of the molecule is CCNC(=NCCCNC(=O)OC(C)(C)C)NCCN1CCCCC1.I. The Balaban J connectivity index is 0.00000625. The van der Waals surface area contributed by atoms with Gasteiger partial charge in [0.1, 0.15) is 5.60 Å². The van der Waals surface area contributed by atoms with Gasteiger partial charge in [-0.2, -0.15) is 0 Å². The van der Waals surface area contributed by atoms with Crippen molar-refractivity contribution in [1.82, 2.24) is 20.9 Å². The second-order valence-corrected chi connectivity index (χ2v) is 7.37. The van der Waals surface area contributed by atoms with Gasteiger partial charge < -0.3 is 25.6 Å². The summed E-state index contributed by atoms with van der Waals surface area (Å²) >= 11 is 0. The molecule has 1 heterocycles. The van der Waals surface area contributed by atoms with Crippen LogP contribution in [0, 0.1) is 0 Å². The molecule has 0 radical (unpaired) electrons. The fourth-order valence-electron chi connectivity index (χ4n) is 2.63. The first-order valence-electron chi connectivity index (χ1n) is 9.62. The van der Waals surface area contributed by atoms with Crippen molar-refractivity contribution in [2.75, 3.05) is 45.8 Å².